The molecule has 62 valence electrons. The SMILES string of the molecule is N#Cc1c(Cl)cnc2ccccc12. The zero-order valence-electron chi connectivity index (χ0n) is 6.66. The van der Waals surface area contributed by atoms with Gasteiger partial charge in [-0.3, -0.25) is 4.98 Å². The van der Waals surface area contributed by atoms with Crippen LogP contribution in [0.15, 0.2) is 30.5 Å². The average molecular weight is 189 g/mol. The highest BCUT2D eigenvalue weighted by Gasteiger charge is 2.04. The van der Waals surface area contributed by atoms with Gasteiger partial charge in [-0.15, -0.1) is 0 Å². The molecule has 0 amide bonds. The van der Waals surface area contributed by atoms with Gasteiger partial charge in [-0.05, 0) is 6.07 Å². The van der Waals surface area contributed by atoms with E-state index in [1.807, 2.05) is 24.3 Å². The number of aromatic nitrogens is 1. The van der Waals surface area contributed by atoms with Crippen LogP contribution in [0.4, 0.5) is 0 Å². The first-order chi connectivity index (χ1) is 6.33. The van der Waals surface area contributed by atoms with E-state index in [1.54, 1.807) is 0 Å². The molecule has 2 rings (SSSR count). The highest BCUT2D eigenvalue weighted by atomic mass is 35.5. The van der Waals surface area contributed by atoms with Crippen molar-refractivity contribution >= 4 is 22.5 Å². The number of halogens is 1. The van der Waals surface area contributed by atoms with Crippen LogP contribution in [-0.2, 0) is 0 Å². The van der Waals surface area contributed by atoms with Crippen molar-refractivity contribution in [3.63, 3.8) is 0 Å². The van der Waals surface area contributed by atoms with Crippen LogP contribution in [0.2, 0.25) is 5.02 Å². The van der Waals surface area contributed by atoms with E-state index in [0.717, 1.165) is 10.9 Å². The Morgan fingerprint density at radius 1 is 1.31 bits per heavy atom. The van der Waals surface area contributed by atoms with Gasteiger partial charge in [-0.1, -0.05) is 29.8 Å². The van der Waals surface area contributed by atoms with Crippen molar-refractivity contribution < 1.29 is 0 Å². The lowest BCUT2D eigenvalue weighted by molar-refractivity contribution is 1.39. The Balaban J connectivity index is 2.94. The number of fused-ring (bicyclic) bond motifs is 1. The molecule has 0 atom stereocenters. The van der Waals surface area contributed by atoms with Crippen LogP contribution < -0.4 is 0 Å². The third-order valence-corrected chi connectivity index (χ3v) is 2.13. The highest BCUT2D eigenvalue weighted by Crippen LogP contribution is 2.22. The molecule has 2 aromatic rings. The standard InChI is InChI=1S/C10H5ClN2/c11-9-6-13-10-4-2-1-3-7(10)8(9)5-12/h1-4,6H. The van der Waals surface area contributed by atoms with Crippen LogP contribution in [0.5, 0.6) is 0 Å². The van der Waals surface area contributed by atoms with Crippen LogP contribution in [0.3, 0.4) is 0 Å². The fourth-order valence-corrected chi connectivity index (χ4v) is 1.42. The van der Waals surface area contributed by atoms with Crippen molar-refractivity contribution in [2.75, 3.05) is 0 Å². The Kier molecular flexibility index (Phi) is 1.88. The number of nitrogens with zero attached hydrogens (tertiary/aromatic N) is 2. The number of rotatable bonds is 0. The zero-order valence-corrected chi connectivity index (χ0v) is 7.42. The van der Waals surface area contributed by atoms with Gasteiger partial charge >= 0.3 is 0 Å². The first-order valence-electron chi connectivity index (χ1n) is 3.76. The van der Waals surface area contributed by atoms with E-state index in [4.69, 9.17) is 16.9 Å². The van der Waals surface area contributed by atoms with Crippen molar-refractivity contribution in [3.8, 4) is 6.07 Å². The molecule has 2 nitrogen and oxygen atoms in total. The van der Waals surface area contributed by atoms with Gasteiger partial charge < -0.3 is 0 Å². The molecule has 1 aromatic heterocycles. The largest absolute Gasteiger partial charge is 0.255 e. The van der Waals surface area contributed by atoms with E-state index in [2.05, 4.69) is 11.1 Å². The minimum atomic E-state index is 0.404. The topological polar surface area (TPSA) is 36.7 Å². The lowest BCUT2D eigenvalue weighted by Crippen LogP contribution is -1.84. The molecule has 13 heavy (non-hydrogen) atoms. The van der Waals surface area contributed by atoms with Gasteiger partial charge in [0.05, 0.1) is 16.1 Å². The smallest absolute Gasteiger partial charge is 0.101 e. The third kappa shape index (κ3) is 1.24. The van der Waals surface area contributed by atoms with Crippen LogP contribution in [0.25, 0.3) is 10.9 Å². The van der Waals surface area contributed by atoms with Gasteiger partial charge in [-0.2, -0.15) is 5.26 Å². The molecule has 1 heterocycles. The minimum absolute atomic E-state index is 0.404. The number of pyridine rings is 1. The van der Waals surface area contributed by atoms with E-state index in [0.29, 0.717) is 10.6 Å². The molecular formula is C10H5ClN2. The molecular weight excluding hydrogens is 184 g/mol. The fraction of sp³-hybridized carbons (Fsp3) is 0. The Bertz CT molecular complexity index is 500. The molecule has 0 unspecified atom stereocenters. The van der Waals surface area contributed by atoms with Crippen molar-refractivity contribution in [1.29, 1.82) is 5.26 Å². The molecule has 3 heteroatoms. The van der Waals surface area contributed by atoms with Crippen molar-refractivity contribution in [1.82, 2.24) is 4.98 Å². The van der Waals surface area contributed by atoms with Crippen LogP contribution in [0.1, 0.15) is 5.56 Å². The fourth-order valence-electron chi connectivity index (χ4n) is 1.23. The van der Waals surface area contributed by atoms with Crippen LogP contribution in [-0.4, -0.2) is 4.98 Å². The monoisotopic (exact) mass is 188 g/mol. The summed E-state index contributed by atoms with van der Waals surface area (Å²) in [5.41, 5.74) is 1.29. The summed E-state index contributed by atoms with van der Waals surface area (Å²) in [6.45, 7) is 0. The van der Waals surface area contributed by atoms with Gasteiger partial charge in [0.2, 0.25) is 0 Å². The summed E-state index contributed by atoms with van der Waals surface area (Å²) in [6, 6.07) is 9.50. The first kappa shape index (κ1) is 8.03. The second-order valence-corrected chi connectivity index (χ2v) is 3.02. The molecule has 0 N–H and O–H groups in total. The van der Waals surface area contributed by atoms with Crippen molar-refractivity contribution in [2.45, 2.75) is 0 Å². The summed E-state index contributed by atoms with van der Waals surface area (Å²) in [5.74, 6) is 0. The predicted octanol–water partition coefficient (Wildman–Crippen LogP) is 2.76. The molecule has 0 aliphatic heterocycles. The summed E-state index contributed by atoms with van der Waals surface area (Å²) in [7, 11) is 0. The van der Waals surface area contributed by atoms with E-state index in [-0.39, 0.29) is 0 Å². The van der Waals surface area contributed by atoms with E-state index < -0.39 is 0 Å². The number of para-hydroxylation sites is 1. The molecule has 1 aromatic carbocycles. The quantitative estimate of drug-likeness (QED) is 0.638. The normalized spacial score (nSPS) is 9.85. The maximum atomic E-state index is 8.85. The maximum Gasteiger partial charge on any atom is 0.101 e. The van der Waals surface area contributed by atoms with Crippen LogP contribution >= 0.6 is 11.6 Å². The molecule has 0 radical (unpaired) electrons. The summed E-state index contributed by atoms with van der Waals surface area (Å²) in [6.07, 6.45) is 1.50. The molecule has 0 fully saturated rings. The minimum Gasteiger partial charge on any atom is -0.255 e. The first-order valence-corrected chi connectivity index (χ1v) is 4.14. The third-order valence-electron chi connectivity index (χ3n) is 1.84. The van der Waals surface area contributed by atoms with Gasteiger partial charge in [0.15, 0.2) is 0 Å². The molecule has 0 spiro atoms. The Morgan fingerprint density at radius 3 is 2.85 bits per heavy atom. The number of hydrogen-bond donors (Lipinski definition) is 0. The summed E-state index contributed by atoms with van der Waals surface area (Å²) in [5, 5.41) is 10.1. The Hall–Kier alpha value is -1.59. The molecule has 0 saturated carbocycles. The zero-order chi connectivity index (χ0) is 9.26. The lowest BCUT2D eigenvalue weighted by Gasteiger charge is -1.99. The molecule has 0 aliphatic rings. The number of nitriles is 1. The summed E-state index contributed by atoms with van der Waals surface area (Å²) < 4.78 is 0. The Morgan fingerprint density at radius 2 is 2.08 bits per heavy atom. The van der Waals surface area contributed by atoms with E-state index in [1.165, 1.54) is 6.20 Å². The Labute approximate surface area is 80.4 Å². The second-order valence-electron chi connectivity index (χ2n) is 2.61. The average Bonchev–Trinajstić information content (AvgIpc) is 2.18. The summed E-state index contributed by atoms with van der Waals surface area (Å²) >= 11 is 5.82. The van der Waals surface area contributed by atoms with E-state index >= 15 is 0 Å². The predicted molar refractivity (Wildman–Crippen MR) is 51.5 cm³/mol. The summed E-state index contributed by atoms with van der Waals surface area (Å²) in [4.78, 5) is 4.11. The van der Waals surface area contributed by atoms with Gasteiger partial charge in [0.1, 0.15) is 6.07 Å². The van der Waals surface area contributed by atoms with Gasteiger partial charge in [0.25, 0.3) is 0 Å². The highest BCUT2D eigenvalue weighted by molar-refractivity contribution is 6.32. The van der Waals surface area contributed by atoms with Crippen molar-refractivity contribution in [2.24, 2.45) is 0 Å². The van der Waals surface area contributed by atoms with Gasteiger partial charge in [-0.25, -0.2) is 0 Å². The number of benzene rings is 1. The van der Waals surface area contributed by atoms with Crippen LogP contribution in [0, 0.1) is 11.3 Å². The number of hydrogen-bond acceptors (Lipinski definition) is 2. The second kappa shape index (κ2) is 3.04. The van der Waals surface area contributed by atoms with Gasteiger partial charge in [0, 0.05) is 11.6 Å². The molecule has 0 bridgehead atoms. The molecule has 0 saturated heterocycles. The molecule has 0 aliphatic carbocycles. The lowest BCUT2D eigenvalue weighted by atomic mass is 10.1. The van der Waals surface area contributed by atoms with Crippen molar-refractivity contribution in [3.05, 3.63) is 41.0 Å². The maximum absolute atomic E-state index is 8.85. The van der Waals surface area contributed by atoms with E-state index in [9.17, 15) is 0 Å².